The van der Waals surface area contributed by atoms with E-state index in [0.29, 0.717) is 0 Å². The van der Waals surface area contributed by atoms with E-state index in [1.54, 1.807) is 0 Å². The molecule has 0 fully saturated rings. The number of hydrogen-bond donors (Lipinski definition) is 0. The molecular weight excluding hydrogens is 170 g/mol. The standard InChI is InChI=1S/C13H21N/c1-4-7-12-8-10-13(11-9-12)14(5-2)6-3/h8-11H,4-7H2,1-3H3. The van der Waals surface area contributed by atoms with Crippen LogP contribution in [0.2, 0.25) is 0 Å². The first-order valence-corrected chi connectivity index (χ1v) is 5.65. The fourth-order valence-electron chi connectivity index (χ4n) is 1.75. The van der Waals surface area contributed by atoms with E-state index in [0.717, 1.165) is 13.1 Å². The summed E-state index contributed by atoms with van der Waals surface area (Å²) in [7, 11) is 0. The lowest BCUT2D eigenvalue weighted by Gasteiger charge is -2.21. The normalized spacial score (nSPS) is 10.2. The Balaban J connectivity index is 2.71. The molecule has 0 amide bonds. The van der Waals surface area contributed by atoms with Gasteiger partial charge in [0, 0.05) is 18.8 Å². The molecule has 1 nitrogen and oxygen atoms in total. The molecule has 0 bridgehead atoms. The predicted molar refractivity (Wildman–Crippen MR) is 64.0 cm³/mol. The van der Waals surface area contributed by atoms with Gasteiger partial charge in [-0.15, -0.1) is 0 Å². The van der Waals surface area contributed by atoms with Crippen LogP contribution >= 0.6 is 0 Å². The number of benzene rings is 1. The molecule has 78 valence electrons. The van der Waals surface area contributed by atoms with Crippen molar-refractivity contribution in [2.24, 2.45) is 0 Å². The molecule has 0 saturated carbocycles. The Hall–Kier alpha value is -0.980. The number of aryl methyl sites for hydroxylation is 1. The molecule has 0 heterocycles. The van der Waals surface area contributed by atoms with Crippen molar-refractivity contribution in [3.8, 4) is 0 Å². The second kappa shape index (κ2) is 5.69. The van der Waals surface area contributed by atoms with Crippen molar-refractivity contribution in [2.75, 3.05) is 18.0 Å². The van der Waals surface area contributed by atoms with Gasteiger partial charge in [-0.25, -0.2) is 0 Å². The fraction of sp³-hybridized carbons (Fsp3) is 0.538. The van der Waals surface area contributed by atoms with E-state index in [9.17, 15) is 0 Å². The molecule has 0 atom stereocenters. The van der Waals surface area contributed by atoms with E-state index >= 15 is 0 Å². The van der Waals surface area contributed by atoms with Gasteiger partial charge < -0.3 is 4.90 Å². The summed E-state index contributed by atoms with van der Waals surface area (Å²) in [6.45, 7) is 8.79. The number of anilines is 1. The third kappa shape index (κ3) is 2.76. The van der Waals surface area contributed by atoms with Gasteiger partial charge in [0.1, 0.15) is 0 Å². The highest BCUT2D eigenvalue weighted by Crippen LogP contribution is 2.15. The quantitative estimate of drug-likeness (QED) is 0.688. The number of nitrogens with zero attached hydrogens (tertiary/aromatic N) is 1. The minimum absolute atomic E-state index is 1.09. The van der Waals surface area contributed by atoms with Gasteiger partial charge in [-0.3, -0.25) is 0 Å². The average Bonchev–Trinajstić information content (AvgIpc) is 2.23. The van der Waals surface area contributed by atoms with Crippen LogP contribution in [0.3, 0.4) is 0 Å². The van der Waals surface area contributed by atoms with Crippen LogP contribution in [-0.2, 0) is 6.42 Å². The highest BCUT2D eigenvalue weighted by molar-refractivity contribution is 5.47. The maximum Gasteiger partial charge on any atom is 0.0366 e. The Morgan fingerprint density at radius 1 is 0.929 bits per heavy atom. The fourth-order valence-corrected chi connectivity index (χ4v) is 1.75. The molecule has 0 aliphatic heterocycles. The van der Waals surface area contributed by atoms with Crippen molar-refractivity contribution >= 4 is 5.69 Å². The molecule has 1 aromatic carbocycles. The number of hydrogen-bond acceptors (Lipinski definition) is 1. The second-order valence-electron chi connectivity index (χ2n) is 3.59. The largest absolute Gasteiger partial charge is 0.372 e. The van der Waals surface area contributed by atoms with Crippen LogP contribution in [0.1, 0.15) is 32.8 Å². The topological polar surface area (TPSA) is 3.24 Å². The molecule has 0 radical (unpaired) electrons. The predicted octanol–water partition coefficient (Wildman–Crippen LogP) is 3.49. The molecule has 0 saturated heterocycles. The smallest absolute Gasteiger partial charge is 0.0366 e. The number of rotatable bonds is 5. The van der Waals surface area contributed by atoms with Crippen molar-refractivity contribution in [1.82, 2.24) is 0 Å². The summed E-state index contributed by atoms with van der Waals surface area (Å²) in [5.41, 5.74) is 2.79. The minimum atomic E-state index is 1.09. The zero-order valence-electron chi connectivity index (χ0n) is 9.59. The summed E-state index contributed by atoms with van der Waals surface area (Å²) in [6.07, 6.45) is 2.42. The van der Waals surface area contributed by atoms with E-state index in [-0.39, 0.29) is 0 Å². The van der Waals surface area contributed by atoms with Crippen LogP contribution in [0.4, 0.5) is 5.69 Å². The maximum atomic E-state index is 2.37. The van der Waals surface area contributed by atoms with Gasteiger partial charge in [-0.1, -0.05) is 25.5 Å². The maximum absolute atomic E-state index is 2.37. The van der Waals surface area contributed by atoms with Crippen LogP contribution in [0.15, 0.2) is 24.3 Å². The lowest BCUT2D eigenvalue weighted by molar-refractivity contribution is 0.863. The molecule has 0 unspecified atom stereocenters. The molecule has 0 spiro atoms. The molecule has 0 aliphatic rings. The van der Waals surface area contributed by atoms with Crippen molar-refractivity contribution in [2.45, 2.75) is 33.6 Å². The van der Waals surface area contributed by atoms with Crippen LogP contribution in [0.25, 0.3) is 0 Å². The lowest BCUT2D eigenvalue weighted by Crippen LogP contribution is -2.21. The summed E-state index contributed by atoms with van der Waals surface area (Å²) in [5, 5.41) is 0. The van der Waals surface area contributed by atoms with E-state index in [1.165, 1.54) is 24.1 Å². The zero-order valence-corrected chi connectivity index (χ0v) is 9.59. The van der Waals surface area contributed by atoms with E-state index in [2.05, 4.69) is 49.9 Å². The molecule has 0 aromatic heterocycles. The monoisotopic (exact) mass is 191 g/mol. The zero-order chi connectivity index (χ0) is 10.4. The first-order valence-electron chi connectivity index (χ1n) is 5.65. The van der Waals surface area contributed by atoms with E-state index in [1.807, 2.05) is 0 Å². The van der Waals surface area contributed by atoms with Gasteiger partial charge in [0.25, 0.3) is 0 Å². The summed E-state index contributed by atoms with van der Waals surface area (Å²) >= 11 is 0. The van der Waals surface area contributed by atoms with Crippen molar-refractivity contribution in [3.63, 3.8) is 0 Å². The molecule has 0 aliphatic carbocycles. The Morgan fingerprint density at radius 3 is 1.93 bits per heavy atom. The van der Waals surface area contributed by atoms with Crippen molar-refractivity contribution < 1.29 is 0 Å². The van der Waals surface area contributed by atoms with Crippen LogP contribution in [-0.4, -0.2) is 13.1 Å². The van der Waals surface area contributed by atoms with Gasteiger partial charge in [0.2, 0.25) is 0 Å². The van der Waals surface area contributed by atoms with Gasteiger partial charge in [0.15, 0.2) is 0 Å². The second-order valence-corrected chi connectivity index (χ2v) is 3.59. The highest BCUT2D eigenvalue weighted by atomic mass is 15.1. The third-order valence-corrected chi connectivity index (χ3v) is 2.60. The molecular formula is C13H21N. The summed E-state index contributed by atoms with van der Waals surface area (Å²) in [4.78, 5) is 2.37. The van der Waals surface area contributed by atoms with E-state index < -0.39 is 0 Å². The molecule has 1 rings (SSSR count). The van der Waals surface area contributed by atoms with Gasteiger partial charge in [0.05, 0.1) is 0 Å². The Bertz CT molecular complexity index is 246. The summed E-state index contributed by atoms with van der Waals surface area (Å²) in [5.74, 6) is 0. The minimum Gasteiger partial charge on any atom is -0.372 e. The van der Waals surface area contributed by atoms with Crippen molar-refractivity contribution in [3.05, 3.63) is 29.8 Å². The van der Waals surface area contributed by atoms with Gasteiger partial charge in [-0.05, 0) is 38.0 Å². The van der Waals surface area contributed by atoms with E-state index in [4.69, 9.17) is 0 Å². The Morgan fingerprint density at radius 2 is 1.50 bits per heavy atom. The van der Waals surface area contributed by atoms with Crippen LogP contribution in [0.5, 0.6) is 0 Å². The lowest BCUT2D eigenvalue weighted by atomic mass is 10.1. The molecule has 1 aromatic rings. The van der Waals surface area contributed by atoms with Gasteiger partial charge in [-0.2, -0.15) is 0 Å². The Kier molecular flexibility index (Phi) is 4.51. The molecule has 0 N–H and O–H groups in total. The van der Waals surface area contributed by atoms with Crippen LogP contribution < -0.4 is 4.90 Å². The SMILES string of the molecule is CCCc1ccc(N(CC)CC)cc1. The first kappa shape index (κ1) is 11.1. The third-order valence-electron chi connectivity index (χ3n) is 2.60. The van der Waals surface area contributed by atoms with Crippen LogP contribution in [0, 0.1) is 0 Å². The molecule has 14 heavy (non-hydrogen) atoms. The van der Waals surface area contributed by atoms with Gasteiger partial charge >= 0.3 is 0 Å². The molecule has 1 heteroatoms. The average molecular weight is 191 g/mol. The van der Waals surface area contributed by atoms with Crippen molar-refractivity contribution in [1.29, 1.82) is 0 Å². The summed E-state index contributed by atoms with van der Waals surface area (Å²) in [6, 6.07) is 8.96. The highest BCUT2D eigenvalue weighted by Gasteiger charge is 2.00. The first-order chi connectivity index (χ1) is 6.81. The Labute approximate surface area is 87.7 Å². The summed E-state index contributed by atoms with van der Waals surface area (Å²) < 4.78 is 0.